The van der Waals surface area contributed by atoms with Crippen molar-refractivity contribution in [1.82, 2.24) is 0 Å². The summed E-state index contributed by atoms with van der Waals surface area (Å²) >= 11 is 0. The van der Waals surface area contributed by atoms with Crippen LogP contribution in [0, 0.1) is 22.8 Å². The molecule has 3 N–H and O–H groups in total. The minimum atomic E-state index is -1.54. The van der Waals surface area contributed by atoms with Gasteiger partial charge in [-0.05, 0) is 20.3 Å². The van der Waals surface area contributed by atoms with Crippen LogP contribution in [0.4, 0.5) is 0 Å². The van der Waals surface area contributed by atoms with Gasteiger partial charge in [-0.25, -0.2) is 0 Å². The molecular weight excluding hydrogens is 246 g/mol. The molecule has 0 saturated carbocycles. The largest absolute Gasteiger partial charge is 0.481 e. The van der Waals surface area contributed by atoms with Crippen molar-refractivity contribution >= 4 is 20.0 Å². The summed E-state index contributed by atoms with van der Waals surface area (Å²) in [6.07, 6.45) is 0.313. The van der Waals surface area contributed by atoms with Gasteiger partial charge in [-0.1, -0.05) is 19.6 Å². The van der Waals surface area contributed by atoms with Gasteiger partial charge in [0.05, 0.1) is 5.92 Å². The van der Waals surface area contributed by atoms with Gasteiger partial charge in [0, 0.05) is 11.8 Å². The fourth-order valence-corrected chi connectivity index (χ4v) is 2.21. The maximum Gasteiger partial charge on any atom is 0.308 e. The Hall–Kier alpha value is -1.28. The Balaban J connectivity index is 5.02. The highest BCUT2D eigenvalue weighted by molar-refractivity contribution is 6.83. The predicted octanol–water partition coefficient (Wildman–Crippen LogP) is 1.86. The number of amides is 1. The molecule has 0 aliphatic rings. The molecule has 5 heteroatoms. The van der Waals surface area contributed by atoms with Gasteiger partial charge < -0.3 is 10.8 Å². The van der Waals surface area contributed by atoms with Crippen molar-refractivity contribution in [2.24, 2.45) is 17.1 Å². The summed E-state index contributed by atoms with van der Waals surface area (Å²) in [5.74, 6) is 1.01. The average Bonchev–Trinajstić information content (AvgIpc) is 2.12. The third-order valence-corrected chi connectivity index (χ3v) is 3.48. The van der Waals surface area contributed by atoms with Crippen molar-refractivity contribution in [3.05, 3.63) is 0 Å². The predicted molar refractivity (Wildman–Crippen MR) is 74.5 cm³/mol. The van der Waals surface area contributed by atoms with Crippen LogP contribution in [0.3, 0.4) is 0 Å². The lowest BCUT2D eigenvalue weighted by Gasteiger charge is -2.26. The van der Waals surface area contributed by atoms with Gasteiger partial charge in [0.1, 0.15) is 8.07 Å². The van der Waals surface area contributed by atoms with E-state index >= 15 is 0 Å². The van der Waals surface area contributed by atoms with Crippen LogP contribution < -0.4 is 5.73 Å². The van der Waals surface area contributed by atoms with Crippen molar-refractivity contribution in [3.8, 4) is 11.5 Å². The zero-order valence-corrected chi connectivity index (χ0v) is 12.8. The van der Waals surface area contributed by atoms with E-state index in [4.69, 9.17) is 5.73 Å². The summed E-state index contributed by atoms with van der Waals surface area (Å²) in [5.41, 5.74) is 7.61. The number of carboxylic acid groups (broad SMARTS) is 1. The summed E-state index contributed by atoms with van der Waals surface area (Å²) in [6, 6.07) is 0. The first-order valence-corrected chi connectivity index (χ1v) is 9.51. The highest BCUT2D eigenvalue weighted by Gasteiger charge is 2.34. The maximum absolute atomic E-state index is 11.3. The SMILES string of the molecule is CC(C)(C#C[Si](C)(C)C)[C@H](CCC(N)=O)C(=O)O. The van der Waals surface area contributed by atoms with Crippen LogP contribution in [0.25, 0.3) is 0 Å². The summed E-state index contributed by atoms with van der Waals surface area (Å²) in [5, 5.41) is 9.24. The average molecular weight is 269 g/mol. The van der Waals surface area contributed by atoms with Crippen molar-refractivity contribution < 1.29 is 14.7 Å². The van der Waals surface area contributed by atoms with E-state index in [1.165, 1.54) is 0 Å². The van der Waals surface area contributed by atoms with Crippen molar-refractivity contribution in [3.63, 3.8) is 0 Å². The molecule has 0 radical (unpaired) electrons. The van der Waals surface area contributed by atoms with Crippen molar-refractivity contribution in [2.45, 2.75) is 46.3 Å². The number of aliphatic carboxylic acids is 1. The van der Waals surface area contributed by atoms with E-state index in [2.05, 4.69) is 31.1 Å². The van der Waals surface area contributed by atoms with E-state index in [1.54, 1.807) is 13.8 Å². The van der Waals surface area contributed by atoms with Gasteiger partial charge >= 0.3 is 5.97 Å². The van der Waals surface area contributed by atoms with Crippen molar-refractivity contribution in [2.75, 3.05) is 0 Å². The molecule has 4 nitrogen and oxygen atoms in total. The molecule has 0 aromatic heterocycles. The van der Waals surface area contributed by atoms with Crippen LogP contribution in [0.15, 0.2) is 0 Å². The first kappa shape index (κ1) is 16.7. The number of hydrogen-bond acceptors (Lipinski definition) is 2. The Kier molecular flexibility index (Phi) is 5.62. The second-order valence-electron chi connectivity index (χ2n) is 6.12. The summed E-state index contributed by atoms with van der Waals surface area (Å²) in [7, 11) is -1.54. The van der Waals surface area contributed by atoms with E-state index < -0.39 is 31.3 Å². The monoisotopic (exact) mass is 269 g/mol. The molecule has 0 saturated heterocycles. The van der Waals surface area contributed by atoms with E-state index in [-0.39, 0.29) is 12.8 Å². The van der Waals surface area contributed by atoms with Crippen LogP contribution in [-0.4, -0.2) is 25.1 Å². The number of carbonyl (C=O) groups excluding carboxylic acids is 1. The number of nitrogens with two attached hydrogens (primary N) is 1. The fourth-order valence-electron chi connectivity index (χ4n) is 1.52. The normalized spacial score (nSPS) is 13.4. The summed E-state index contributed by atoms with van der Waals surface area (Å²) in [4.78, 5) is 22.0. The lowest BCUT2D eigenvalue weighted by Crippen LogP contribution is -2.32. The van der Waals surface area contributed by atoms with Crippen molar-refractivity contribution in [1.29, 1.82) is 0 Å². The highest BCUT2D eigenvalue weighted by Crippen LogP contribution is 2.30. The topological polar surface area (TPSA) is 80.4 Å². The molecule has 0 aliphatic carbocycles. The Morgan fingerprint density at radius 2 is 1.83 bits per heavy atom. The number of hydrogen-bond donors (Lipinski definition) is 2. The second-order valence-corrected chi connectivity index (χ2v) is 10.9. The van der Waals surface area contributed by atoms with Gasteiger partial charge in [-0.2, -0.15) is 0 Å². The summed E-state index contributed by atoms with van der Waals surface area (Å²) in [6.45, 7) is 9.93. The van der Waals surface area contributed by atoms with Crippen LogP contribution in [0.1, 0.15) is 26.7 Å². The van der Waals surface area contributed by atoms with Crippen LogP contribution in [0.5, 0.6) is 0 Å². The number of rotatable bonds is 5. The molecule has 0 heterocycles. The molecule has 1 atom stereocenters. The minimum absolute atomic E-state index is 0.0784. The van der Waals surface area contributed by atoms with Gasteiger partial charge in [-0.15, -0.1) is 11.5 Å². The van der Waals surface area contributed by atoms with E-state index in [9.17, 15) is 14.7 Å². The first-order chi connectivity index (χ1) is 7.96. The van der Waals surface area contributed by atoms with Crippen LogP contribution in [0.2, 0.25) is 19.6 Å². The third-order valence-electron chi connectivity index (χ3n) is 2.61. The van der Waals surface area contributed by atoms with Gasteiger partial charge in [-0.3, -0.25) is 9.59 Å². The quantitative estimate of drug-likeness (QED) is 0.590. The zero-order chi connectivity index (χ0) is 14.6. The smallest absolute Gasteiger partial charge is 0.308 e. The number of carbonyl (C=O) groups is 2. The second kappa shape index (κ2) is 6.05. The Morgan fingerprint density at radius 3 is 2.17 bits per heavy atom. The molecule has 0 fully saturated rings. The molecule has 0 aliphatic heterocycles. The van der Waals surface area contributed by atoms with Gasteiger partial charge in [0.25, 0.3) is 0 Å². The standard InChI is InChI=1S/C13H23NO3Si/c1-13(2,8-9-18(3,4)5)10(12(16)17)6-7-11(14)15/h10H,6-7H2,1-5H3,(H2,14,15)(H,16,17)/t10-/m1/s1. The number of primary amides is 1. The minimum Gasteiger partial charge on any atom is -0.481 e. The molecule has 0 unspecified atom stereocenters. The molecule has 0 aromatic carbocycles. The first-order valence-electron chi connectivity index (χ1n) is 6.01. The van der Waals surface area contributed by atoms with E-state index in [0.29, 0.717) is 0 Å². The van der Waals surface area contributed by atoms with Gasteiger partial charge in [0.2, 0.25) is 5.91 Å². The lowest BCUT2D eigenvalue weighted by molar-refractivity contribution is -0.145. The molecular formula is C13H23NO3Si. The lowest BCUT2D eigenvalue weighted by atomic mass is 9.77. The molecule has 0 aromatic rings. The molecule has 0 spiro atoms. The Morgan fingerprint density at radius 1 is 1.33 bits per heavy atom. The Labute approximate surface area is 110 Å². The fraction of sp³-hybridized carbons (Fsp3) is 0.692. The van der Waals surface area contributed by atoms with Gasteiger partial charge in [0.15, 0.2) is 0 Å². The molecule has 1 amide bonds. The molecule has 18 heavy (non-hydrogen) atoms. The van der Waals surface area contributed by atoms with Crippen LogP contribution >= 0.6 is 0 Å². The summed E-state index contributed by atoms with van der Waals surface area (Å²) < 4.78 is 0. The third kappa shape index (κ3) is 6.45. The molecule has 0 bridgehead atoms. The van der Waals surface area contributed by atoms with E-state index in [1.807, 2.05) is 0 Å². The van der Waals surface area contributed by atoms with Crippen LogP contribution in [-0.2, 0) is 9.59 Å². The number of carboxylic acids is 1. The highest BCUT2D eigenvalue weighted by atomic mass is 28.3. The molecule has 102 valence electrons. The zero-order valence-electron chi connectivity index (χ0n) is 11.8. The maximum atomic E-state index is 11.3. The molecule has 0 rings (SSSR count). The van der Waals surface area contributed by atoms with E-state index in [0.717, 1.165) is 0 Å². The Bertz CT molecular complexity index is 385.